The maximum absolute atomic E-state index is 13.1. The monoisotopic (exact) mass is 377 g/mol. The van der Waals surface area contributed by atoms with Crippen molar-refractivity contribution >= 4 is 23.5 Å². The first-order valence-electron chi connectivity index (χ1n) is 9.65. The van der Waals surface area contributed by atoms with Gasteiger partial charge in [-0.3, -0.25) is 14.5 Å². The number of nitrogens with zero attached hydrogens (tertiary/aromatic N) is 1. The predicted octanol–water partition coefficient (Wildman–Crippen LogP) is 2.97. The Labute approximate surface area is 163 Å². The standard InChI is InChI=1S/C22H23N3O3/c1-2-22(17-9-4-3-5-10-17)20(27)25(21(28)24-22)14-19(26)23-18-12-11-15-7-6-8-16(15)13-18/h3-5,9-13H,2,6-8,14H2,1H3,(H,23,26)(H,24,28)/t22-/m0/s1. The summed E-state index contributed by atoms with van der Waals surface area (Å²) in [7, 11) is 0. The molecule has 2 aromatic carbocycles. The minimum atomic E-state index is -1.12. The zero-order chi connectivity index (χ0) is 19.7. The first-order chi connectivity index (χ1) is 13.5. The number of fused-ring (bicyclic) bond motifs is 1. The molecule has 4 amide bonds. The molecule has 2 N–H and O–H groups in total. The van der Waals surface area contributed by atoms with Crippen molar-refractivity contribution in [3.05, 3.63) is 65.2 Å². The van der Waals surface area contributed by atoms with Gasteiger partial charge in [0.05, 0.1) is 0 Å². The molecule has 2 aliphatic rings. The van der Waals surface area contributed by atoms with Crippen molar-refractivity contribution in [2.75, 3.05) is 11.9 Å². The van der Waals surface area contributed by atoms with Crippen LogP contribution in [0.5, 0.6) is 0 Å². The van der Waals surface area contributed by atoms with Crippen molar-refractivity contribution in [3.63, 3.8) is 0 Å². The summed E-state index contributed by atoms with van der Waals surface area (Å²) in [5.41, 5.74) is 2.87. The van der Waals surface area contributed by atoms with E-state index in [9.17, 15) is 14.4 Å². The number of carbonyl (C=O) groups is 3. The quantitative estimate of drug-likeness (QED) is 0.787. The van der Waals surface area contributed by atoms with Gasteiger partial charge in [-0.05, 0) is 54.5 Å². The van der Waals surface area contributed by atoms with E-state index in [1.165, 1.54) is 11.1 Å². The van der Waals surface area contributed by atoms with Crippen molar-refractivity contribution in [1.82, 2.24) is 10.2 Å². The van der Waals surface area contributed by atoms with Gasteiger partial charge in [0.15, 0.2) is 0 Å². The summed E-state index contributed by atoms with van der Waals surface area (Å²) in [6.45, 7) is 1.54. The molecule has 1 saturated heterocycles. The van der Waals surface area contributed by atoms with Crippen LogP contribution in [0.3, 0.4) is 0 Å². The maximum atomic E-state index is 13.1. The van der Waals surface area contributed by atoms with E-state index in [4.69, 9.17) is 0 Å². The lowest BCUT2D eigenvalue weighted by Gasteiger charge is -2.25. The third-order valence-electron chi connectivity index (χ3n) is 5.66. The SMILES string of the molecule is CC[C@@]1(c2ccccc2)NC(=O)N(CC(=O)Nc2ccc3c(c2)CCC3)C1=O. The van der Waals surface area contributed by atoms with Crippen LogP contribution in [-0.2, 0) is 28.0 Å². The smallest absolute Gasteiger partial charge is 0.325 e. The second-order valence-corrected chi connectivity index (χ2v) is 7.33. The summed E-state index contributed by atoms with van der Waals surface area (Å²) in [6, 6.07) is 14.5. The van der Waals surface area contributed by atoms with Crippen LogP contribution >= 0.6 is 0 Å². The third-order valence-corrected chi connectivity index (χ3v) is 5.66. The van der Waals surface area contributed by atoms with Crippen LogP contribution in [0, 0.1) is 0 Å². The summed E-state index contributed by atoms with van der Waals surface area (Å²) in [4.78, 5) is 39.1. The molecule has 144 valence electrons. The van der Waals surface area contributed by atoms with E-state index in [1.807, 2.05) is 55.5 Å². The lowest BCUT2D eigenvalue weighted by atomic mass is 9.87. The van der Waals surface area contributed by atoms with E-state index in [1.54, 1.807) is 0 Å². The summed E-state index contributed by atoms with van der Waals surface area (Å²) < 4.78 is 0. The number of carbonyl (C=O) groups excluding carboxylic acids is 3. The molecule has 1 fully saturated rings. The number of amides is 4. The highest BCUT2D eigenvalue weighted by Gasteiger charge is 2.51. The fraction of sp³-hybridized carbons (Fsp3) is 0.318. The first-order valence-corrected chi connectivity index (χ1v) is 9.65. The number of imide groups is 1. The zero-order valence-electron chi connectivity index (χ0n) is 15.8. The molecular formula is C22H23N3O3. The molecular weight excluding hydrogens is 354 g/mol. The van der Waals surface area contributed by atoms with Crippen LogP contribution in [-0.4, -0.2) is 29.3 Å². The van der Waals surface area contributed by atoms with Crippen molar-refractivity contribution in [3.8, 4) is 0 Å². The van der Waals surface area contributed by atoms with Gasteiger partial charge in [-0.15, -0.1) is 0 Å². The number of benzene rings is 2. The van der Waals surface area contributed by atoms with E-state index in [0.717, 1.165) is 29.7 Å². The number of anilines is 1. The van der Waals surface area contributed by atoms with Gasteiger partial charge in [0.25, 0.3) is 5.91 Å². The largest absolute Gasteiger partial charge is 0.325 e. The summed E-state index contributed by atoms with van der Waals surface area (Å²) in [5, 5.41) is 5.61. The van der Waals surface area contributed by atoms with Gasteiger partial charge in [-0.1, -0.05) is 43.3 Å². The van der Waals surface area contributed by atoms with E-state index in [2.05, 4.69) is 10.6 Å². The van der Waals surface area contributed by atoms with Crippen molar-refractivity contribution in [2.45, 2.75) is 38.1 Å². The lowest BCUT2D eigenvalue weighted by molar-refractivity contribution is -0.134. The summed E-state index contributed by atoms with van der Waals surface area (Å²) in [6.07, 6.45) is 3.63. The van der Waals surface area contributed by atoms with Crippen molar-refractivity contribution in [1.29, 1.82) is 0 Å². The molecule has 4 rings (SSSR count). The molecule has 0 bridgehead atoms. The van der Waals surface area contributed by atoms with E-state index >= 15 is 0 Å². The van der Waals surface area contributed by atoms with E-state index in [-0.39, 0.29) is 12.5 Å². The van der Waals surface area contributed by atoms with Gasteiger partial charge < -0.3 is 10.6 Å². The average Bonchev–Trinajstić information content (AvgIpc) is 3.26. The minimum absolute atomic E-state index is 0.309. The van der Waals surface area contributed by atoms with Crippen LogP contribution in [0.2, 0.25) is 0 Å². The van der Waals surface area contributed by atoms with Gasteiger partial charge in [0, 0.05) is 5.69 Å². The molecule has 1 atom stereocenters. The molecule has 0 aromatic heterocycles. The van der Waals surface area contributed by atoms with Crippen LogP contribution in [0.4, 0.5) is 10.5 Å². The Morgan fingerprint density at radius 1 is 1.11 bits per heavy atom. The first kappa shape index (κ1) is 18.2. The number of hydrogen-bond donors (Lipinski definition) is 2. The molecule has 1 aliphatic carbocycles. The lowest BCUT2D eigenvalue weighted by Crippen LogP contribution is -2.44. The van der Waals surface area contributed by atoms with Gasteiger partial charge in [0.1, 0.15) is 12.1 Å². The highest BCUT2D eigenvalue weighted by Crippen LogP contribution is 2.32. The molecule has 1 aliphatic heterocycles. The highest BCUT2D eigenvalue weighted by molar-refractivity contribution is 6.10. The number of urea groups is 1. The predicted molar refractivity (Wildman–Crippen MR) is 106 cm³/mol. The Morgan fingerprint density at radius 3 is 2.61 bits per heavy atom. The molecule has 0 saturated carbocycles. The topological polar surface area (TPSA) is 78.5 Å². The van der Waals surface area contributed by atoms with Crippen molar-refractivity contribution < 1.29 is 14.4 Å². The van der Waals surface area contributed by atoms with Gasteiger partial charge in [-0.2, -0.15) is 0 Å². The maximum Gasteiger partial charge on any atom is 0.325 e. The molecule has 28 heavy (non-hydrogen) atoms. The molecule has 1 heterocycles. The Bertz CT molecular complexity index is 941. The van der Waals surface area contributed by atoms with Crippen LogP contribution < -0.4 is 10.6 Å². The third kappa shape index (κ3) is 3.05. The normalized spacial score (nSPS) is 20.8. The summed E-state index contributed by atoms with van der Waals surface area (Å²) >= 11 is 0. The Hall–Kier alpha value is -3.15. The summed E-state index contributed by atoms with van der Waals surface area (Å²) in [5.74, 6) is -0.781. The minimum Gasteiger partial charge on any atom is -0.325 e. The van der Waals surface area contributed by atoms with E-state index in [0.29, 0.717) is 12.1 Å². The van der Waals surface area contributed by atoms with Crippen LogP contribution in [0.1, 0.15) is 36.5 Å². The van der Waals surface area contributed by atoms with Crippen molar-refractivity contribution in [2.24, 2.45) is 0 Å². The fourth-order valence-corrected chi connectivity index (χ4v) is 4.13. The Morgan fingerprint density at radius 2 is 1.86 bits per heavy atom. The Kier molecular flexibility index (Phi) is 4.63. The highest BCUT2D eigenvalue weighted by atomic mass is 16.2. The molecule has 6 nitrogen and oxygen atoms in total. The number of aryl methyl sites for hydroxylation is 2. The van der Waals surface area contributed by atoms with Gasteiger partial charge >= 0.3 is 6.03 Å². The molecule has 2 aromatic rings. The molecule has 0 radical (unpaired) electrons. The molecule has 0 unspecified atom stereocenters. The average molecular weight is 377 g/mol. The number of hydrogen-bond acceptors (Lipinski definition) is 3. The fourth-order valence-electron chi connectivity index (χ4n) is 4.13. The molecule has 0 spiro atoms. The number of nitrogens with one attached hydrogen (secondary N) is 2. The zero-order valence-corrected chi connectivity index (χ0v) is 15.8. The second kappa shape index (κ2) is 7.11. The van der Waals surface area contributed by atoms with Crippen LogP contribution in [0.25, 0.3) is 0 Å². The molecule has 6 heteroatoms. The second-order valence-electron chi connectivity index (χ2n) is 7.33. The Balaban J connectivity index is 1.49. The number of rotatable bonds is 5. The van der Waals surface area contributed by atoms with Gasteiger partial charge in [0.2, 0.25) is 5.91 Å². The van der Waals surface area contributed by atoms with E-state index < -0.39 is 17.5 Å². The van der Waals surface area contributed by atoms with Gasteiger partial charge in [-0.25, -0.2) is 4.79 Å². The van der Waals surface area contributed by atoms with Crippen LogP contribution in [0.15, 0.2) is 48.5 Å².